The Hall–Kier alpha value is -2.93. The number of hydrogen-bond acceptors (Lipinski definition) is 7. The highest BCUT2D eigenvalue weighted by Gasteiger charge is 2.18. The zero-order valence-electron chi connectivity index (χ0n) is 13.1. The Morgan fingerprint density at radius 1 is 1.21 bits per heavy atom. The molecule has 1 aromatic carbocycles. The molecule has 0 bridgehead atoms. The van der Waals surface area contributed by atoms with Gasteiger partial charge >= 0.3 is 5.97 Å². The van der Waals surface area contributed by atoms with E-state index in [4.69, 9.17) is 15.2 Å². The van der Waals surface area contributed by atoms with Gasteiger partial charge in [0.25, 0.3) is 0 Å². The maximum Gasteiger partial charge on any atom is 0.341 e. The van der Waals surface area contributed by atoms with Crippen LogP contribution >= 0.6 is 11.3 Å². The standard InChI is InChI=1S/C17H15N3O3S/c1-22-16-11(4-3-5-12(16)17(21)23-2)13-7-19-8-14(20-13)15-6-10(18)9-24-15/h3-9H,18H2,1-2H3. The number of nitrogens with zero attached hydrogens (tertiary/aromatic N) is 2. The van der Waals surface area contributed by atoms with E-state index in [1.807, 2.05) is 17.5 Å². The lowest BCUT2D eigenvalue weighted by atomic mass is 10.1. The van der Waals surface area contributed by atoms with Gasteiger partial charge in [-0.1, -0.05) is 6.07 Å². The molecule has 122 valence electrons. The van der Waals surface area contributed by atoms with Crippen LogP contribution in [0.1, 0.15) is 10.4 Å². The first kappa shape index (κ1) is 15.9. The number of para-hydroxylation sites is 1. The summed E-state index contributed by atoms with van der Waals surface area (Å²) in [6.07, 6.45) is 3.30. The summed E-state index contributed by atoms with van der Waals surface area (Å²) in [7, 11) is 2.83. The van der Waals surface area contributed by atoms with Crippen LogP contribution in [-0.4, -0.2) is 30.2 Å². The Labute approximate surface area is 142 Å². The molecular formula is C17H15N3O3S. The van der Waals surface area contributed by atoms with Crippen molar-refractivity contribution in [1.82, 2.24) is 9.97 Å². The number of anilines is 1. The second-order valence-electron chi connectivity index (χ2n) is 4.91. The van der Waals surface area contributed by atoms with E-state index in [9.17, 15) is 4.79 Å². The number of nitrogen functional groups attached to an aromatic ring is 1. The van der Waals surface area contributed by atoms with Crippen LogP contribution in [-0.2, 0) is 4.74 Å². The molecule has 3 aromatic rings. The minimum atomic E-state index is -0.469. The largest absolute Gasteiger partial charge is 0.495 e. The van der Waals surface area contributed by atoms with Crippen LogP contribution in [0, 0.1) is 0 Å². The number of esters is 1. The topological polar surface area (TPSA) is 87.3 Å². The van der Waals surface area contributed by atoms with E-state index in [0.29, 0.717) is 34.0 Å². The van der Waals surface area contributed by atoms with Crippen LogP contribution in [0.15, 0.2) is 42.0 Å². The Morgan fingerprint density at radius 3 is 2.67 bits per heavy atom. The molecule has 0 unspecified atom stereocenters. The van der Waals surface area contributed by atoms with E-state index < -0.39 is 5.97 Å². The fourth-order valence-corrected chi connectivity index (χ4v) is 3.08. The molecule has 0 radical (unpaired) electrons. The van der Waals surface area contributed by atoms with Crippen LogP contribution in [0.4, 0.5) is 5.69 Å². The normalized spacial score (nSPS) is 10.4. The summed E-state index contributed by atoms with van der Waals surface area (Å²) < 4.78 is 10.2. The minimum absolute atomic E-state index is 0.338. The van der Waals surface area contributed by atoms with E-state index in [1.165, 1.54) is 25.6 Å². The minimum Gasteiger partial charge on any atom is -0.495 e. The Balaban J connectivity index is 2.11. The average molecular weight is 341 g/mol. The van der Waals surface area contributed by atoms with Crippen molar-refractivity contribution in [2.24, 2.45) is 0 Å². The molecule has 0 spiro atoms. The average Bonchev–Trinajstić information content (AvgIpc) is 3.07. The van der Waals surface area contributed by atoms with Crippen LogP contribution in [0.2, 0.25) is 0 Å². The van der Waals surface area contributed by atoms with Crippen molar-refractivity contribution in [1.29, 1.82) is 0 Å². The van der Waals surface area contributed by atoms with Gasteiger partial charge in [-0.15, -0.1) is 11.3 Å². The van der Waals surface area contributed by atoms with Gasteiger partial charge in [-0.25, -0.2) is 9.78 Å². The third-order valence-corrected chi connectivity index (χ3v) is 4.38. The van der Waals surface area contributed by atoms with Gasteiger partial charge in [0.2, 0.25) is 0 Å². The number of methoxy groups -OCH3 is 2. The molecule has 3 rings (SSSR count). The second kappa shape index (κ2) is 6.67. The number of ether oxygens (including phenoxy) is 2. The van der Waals surface area contributed by atoms with Gasteiger partial charge in [-0.3, -0.25) is 4.98 Å². The molecule has 2 aromatic heterocycles. The van der Waals surface area contributed by atoms with Crippen molar-refractivity contribution in [3.8, 4) is 27.6 Å². The molecule has 7 heteroatoms. The van der Waals surface area contributed by atoms with Crippen molar-refractivity contribution in [3.63, 3.8) is 0 Å². The lowest BCUT2D eigenvalue weighted by molar-refractivity contribution is 0.0597. The van der Waals surface area contributed by atoms with E-state index in [1.54, 1.807) is 24.5 Å². The number of aromatic nitrogens is 2. The highest BCUT2D eigenvalue weighted by molar-refractivity contribution is 7.14. The quantitative estimate of drug-likeness (QED) is 0.733. The lowest BCUT2D eigenvalue weighted by Crippen LogP contribution is -2.05. The molecule has 0 atom stereocenters. The lowest BCUT2D eigenvalue weighted by Gasteiger charge is -2.12. The van der Waals surface area contributed by atoms with Crippen LogP contribution in [0.3, 0.4) is 0 Å². The zero-order chi connectivity index (χ0) is 17.1. The summed E-state index contributed by atoms with van der Waals surface area (Å²) >= 11 is 1.50. The summed E-state index contributed by atoms with van der Waals surface area (Å²) in [5, 5.41) is 1.85. The number of thiophene rings is 1. The number of benzene rings is 1. The summed E-state index contributed by atoms with van der Waals surface area (Å²) in [6, 6.07) is 7.06. The first-order valence-corrected chi connectivity index (χ1v) is 7.94. The molecule has 0 aliphatic heterocycles. The van der Waals surface area contributed by atoms with Gasteiger partial charge in [0.1, 0.15) is 11.3 Å². The van der Waals surface area contributed by atoms with Crippen molar-refractivity contribution < 1.29 is 14.3 Å². The van der Waals surface area contributed by atoms with Crippen LogP contribution in [0.5, 0.6) is 5.75 Å². The maximum absolute atomic E-state index is 11.9. The molecule has 2 N–H and O–H groups in total. The smallest absolute Gasteiger partial charge is 0.341 e. The van der Waals surface area contributed by atoms with Gasteiger partial charge in [-0.05, 0) is 18.2 Å². The summed E-state index contributed by atoms with van der Waals surface area (Å²) in [6.45, 7) is 0. The monoisotopic (exact) mass is 341 g/mol. The predicted octanol–water partition coefficient (Wildman–Crippen LogP) is 3.25. The fraction of sp³-hybridized carbons (Fsp3) is 0.118. The van der Waals surface area contributed by atoms with Crippen molar-refractivity contribution >= 4 is 23.0 Å². The molecule has 0 saturated heterocycles. The molecule has 0 amide bonds. The molecule has 24 heavy (non-hydrogen) atoms. The number of carbonyl (C=O) groups is 1. The van der Waals surface area contributed by atoms with Crippen molar-refractivity contribution in [3.05, 3.63) is 47.6 Å². The Morgan fingerprint density at radius 2 is 2.00 bits per heavy atom. The zero-order valence-corrected chi connectivity index (χ0v) is 14.0. The van der Waals surface area contributed by atoms with Crippen LogP contribution < -0.4 is 10.5 Å². The Bertz CT molecular complexity index is 892. The van der Waals surface area contributed by atoms with Gasteiger partial charge in [0, 0.05) is 16.6 Å². The summed E-state index contributed by atoms with van der Waals surface area (Å²) in [4.78, 5) is 21.7. The number of nitrogens with two attached hydrogens (primary N) is 1. The fourth-order valence-electron chi connectivity index (χ4n) is 2.33. The highest BCUT2D eigenvalue weighted by Crippen LogP contribution is 2.34. The van der Waals surface area contributed by atoms with Gasteiger partial charge in [0.05, 0.1) is 42.9 Å². The summed E-state index contributed by atoms with van der Waals surface area (Å²) in [5.41, 5.74) is 8.77. The summed E-state index contributed by atoms with van der Waals surface area (Å²) in [5.74, 6) is -0.0645. The van der Waals surface area contributed by atoms with E-state index in [0.717, 1.165) is 4.88 Å². The second-order valence-corrected chi connectivity index (χ2v) is 5.82. The van der Waals surface area contributed by atoms with E-state index in [-0.39, 0.29) is 0 Å². The molecular weight excluding hydrogens is 326 g/mol. The Kier molecular flexibility index (Phi) is 4.43. The number of carbonyl (C=O) groups excluding carboxylic acids is 1. The SMILES string of the molecule is COC(=O)c1cccc(-c2cncc(-c3cc(N)cs3)n2)c1OC. The molecule has 6 nitrogen and oxygen atoms in total. The van der Waals surface area contributed by atoms with Crippen molar-refractivity contribution in [2.45, 2.75) is 0 Å². The first-order valence-electron chi connectivity index (χ1n) is 7.06. The predicted molar refractivity (Wildman–Crippen MR) is 93.1 cm³/mol. The van der Waals surface area contributed by atoms with Crippen LogP contribution in [0.25, 0.3) is 21.8 Å². The molecule has 0 aliphatic carbocycles. The third-order valence-electron chi connectivity index (χ3n) is 3.41. The van der Waals surface area contributed by atoms with Gasteiger partial charge in [-0.2, -0.15) is 0 Å². The first-order chi connectivity index (χ1) is 11.6. The highest BCUT2D eigenvalue weighted by atomic mass is 32.1. The number of hydrogen-bond donors (Lipinski definition) is 1. The molecule has 0 aliphatic rings. The van der Waals surface area contributed by atoms with Crippen molar-refractivity contribution in [2.75, 3.05) is 20.0 Å². The third kappa shape index (κ3) is 2.93. The van der Waals surface area contributed by atoms with E-state index >= 15 is 0 Å². The molecule has 0 fully saturated rings. The molecule has 2 heterocycles. The maximum atomic E-state index is 11.9. The molecule has 0 saturated carbocycles. The number of rotatable bonds is 4. The van der Waals surface area contributed by atoms with Gasteiger partial charge < -0.3 is 15.2 Å². The van der Waals surface area contributed by atoms with E-state index in [2.05, 4.69) is 9.97 Å². The van der Waals surface area contributed by atoms with Gasteiger partial charge in [0.15, 0.2) is 0 Å².